The summed E-state index contributed by atoms with van der Waals surface area (Å²) < 4.78 is 18.8. The number of aromatic nitrogens is 2. The van der Waals surface area contributed by atoms with E-state index in [4.69, 9.17) is 19.3 Å². The van der Waals surface area contributed by atoms with Crippen molar-refractivity contribution < 1.29 is 23.8 Å². The highest BCUT2D eigenvalue weighted by Crippen LogP contribution is 2.51. The van der Waals surface area contributed by atoms with Crippen molar-refractivity contribution in [1.82, 2.24) is 14.7 Å². The number of rotatable bonds is 7. The summed E-state index contributed by atoms with van der Waals surface area (Å²) in [4.78, 5) is 31.3. The van der Waals surface area contributed by atoms with Crippen LogP contribution in [0, 0.1) is 13.8 Å². The van der Waals surface area contributed by atoms with E-state index >= 15 is 0 Å². The van der Waals surface area contributed by atoms with E-state index in [1.165, 1.54) is 11.8 Å². The van der Waals surface area contributed by atoms with Crippen LogP contribution in [0.25, 0.3) is 16.9 Å². The summed E-state index contributed by atoms with van der Waals surface area (Å²) in [7, 11) is 3.28. The summed E-state index contributed by atoms with van der Waals surface area (Å²) in [5.74, 6) is 1.83. The van der Waals surface area contributed by atoms with Gasteiger partial charge in [0.25, 0.3) is 0 Å². The highest BCUT2D eigenvalue weighted by atomic mass is 32.2. The maximum atomic E-state index is 14.1. The number of hydrogen-bond donors (Lipinski definition) is 0. The van der Waals surface area contributed by atoms with Crippen LogP contribution in [0.15, 0.2) is 66.7 Å². The average Bonchev–Trinajstić information content (AvgIpc) is 3.38. The molecule has 0 aliphatic carbocycles. The van der Waals surface area contributed by atoms with E-state index in [9.17, 15) is 9.59 Å². The van der Waals surface area contributed by atoms with Crippen LogP contribution in [0.5, 0.6) is 11.5 Å². The second-order valence-electron chi connectivity index (χ2n) is 10.9. The van der Waals surface area contributed by atoms with E-state index in [0.29, 0.717) is 43.6 Å². The second-order valence-corrected chi connectivity index (χ2v) is 11.9. The monoisotopic (exact) mass is 612 g/mol. The SMILES string of the molecule is COc1ccc(OC)c(C2SCC(=O)N(CC(=O)N3CCOCC3)c3c2c(-c2ccccc2)nn3-c2cccc(C)c2C)c1. The van der Waals surface area contributed by atoms with E-state index in [-0.39, 0.29) is 29.4 Å². The van der Waals surface area contributed by atoms with Crippen LogP contribution in [-0.4, -0.2) is 79.3 Å². The number of carbonyl (C=O) groups excluding carboxylic acids is 2. The number of aryl methyl sites for hydroxylation is 1. The Balaban J connectivity index is 1.64. The van der Waals surface area contributed by atoms with Gasteiger partial charge in [-0.3, -0.25) is 14.5 Å². The Morgan fingerprint density at radius 2 is 1.77 bits per heavy atom. The molecule has 3 heterocycles. The van der Waals surface area contributed by atoms with Crippen molar-refractivity contribution in [2.24, 2.45) is 0 Å². The first-order chi connectivity index (χ1) is 21.4. The van der Waals surface area contributed by atoms with Crippen molar-refractivity contribution in [3.63, 3.8) is 0 Å². The van der Waals surface area contributed by atoms with Gasteiger partial charge in [-0.2, -0.15) is 5.10 Å². The highest BCUT2D eigenvalue weighted by molar-refractivity contribution is 8.00. The second kappa shape index (κ2) is 12.8. The van der Waals surface area contributed by atoms with Gasteiger partial charge in [-0.15, -0.1) is 11.8 Å². The molecular weight excluding hydrogens is 576 g/mol. The smallest absolute Gasteiger partial charge is 0.242 e. The van der Waals surface area contributed by atoms with Gasteiger partial charge in [0.1, 0.15) is 23.9 Å². The largest absolute Gasteiger partial charge is 0.497 e. The average molecular weight is 613 g/mol. The molecule has 10 heteroatoms. The van der Waals surface area contributed by atoms with Crippen LogP contribution in [0.1, 0.15) is 27.5 Å². The van der Waals surface area contributed by atoms with Gasteiger partial charge in [0, 0.05) is 29.8 Å². The van der Waals surface area contributed by atoms with E-state index < -0.39 is 0 Å². The summed E-state index contributed by atoms with van der Waals surface area (Å²) in [5.41, 5.74) is 6.35. The Labute approximate surface area is 261 Å². The third-order valence-electron chi connectivity index (χ3n) is 8.32. The minimum Gasteiger partial charge on any atom is -0.497 e. The zero-order chi connectivity index (χ0) is 30.8. The maximum Gasteiger partial charge on any atom is 0.242 e. The number of carbonyl (C=O) groups is 2. The Morgan fingerprint density at radius 1 is 1.00 bits per heavy atom. The number of nitrogens with zero attached hydrogens (tertiary/aromatic N) is 4. The number of anilines is 1. The van der Waals surface area contributed by atoms with Crippen molar-refractivity contribution in [3.05, 3.63) is 89.0 Å². The molecule has 0 bridgehead atoms. The van der Waals surface area contributed by atoms with Gasteiger partial charge in [-0.1, -0.05) is 42.5 Å². The minimum atomic E-state index is -0.350. The quantitative estimate of drug-likeness (QED) is 0.284. The molecule has 2 aliphatic rings. The zero-order valence-corrected chi connectivity index (χ0v) is 26.2. The van der Waals surface area contributed by atoms with Crippen molar-refractivity contribution in [2.45, 2.75) is 19.1 Å². The zero-order valence-electron chi connectivity index (χ0n) is 25.4. The molecule has 0 radical (unpaired) electrons. The normalized spacial score (nSPS) is 16.8. The molecule has 44 heavy (non-hydrogen) atoms. The predicted octanol–water partition coefficient (Wildman–Crippen LogP) is 5.20. The van der Waals surface area contributed by atoms with Crippen molar-refractivity contribution >= 4 is 29.4 Å². The molecule has 0 N–H and O–H groups in total. The molecule has 0 saturated carbocycles. The van der Waals surface area contributed by atoms with Gasteiger partial charge >= 0.3 is 0 Å². The van der Waals surface area contributed by atoms with Crippen LogP contribution in [0.4, 0.5) is 5.82 Å². The number of ether oxygens (including phenoxy) is 3. The van der Waals surface area contributed by atoms with Gasteiger partial charge in [0.05, 0.1) is 49.8 Å². The van der Waals surface area contributed by atoms with Crippen molar-refractivity contribution in [3.8, 4) is 28.4 Å². The third kappa shape index (κ3) is 5.55. The first-order valence-electron chi connectivity index (χ1n) is 14.7. The molecule has 1 atom stereocenters. The number of amides is 2. The van der Waals surface area contributed by atoms with Crippen molar-refractivity contribution in [1.29, 1.82) is 0 Å². The standard InChI is InChI=1S/C34H36N4O5S/c1-22-9-8-12-27(23(22)2)38-34-31(32(35-38)24-10-6-5-7-11-24)33(26-19-25(41-3)13-14-28(26)42-4)44-21-30(40)37(34)20-29(39)36-15-17-43-18-16-36/h5-14,19,33H,15-18,20-21H2,1-4H3. The molecule has 4 aromatic rings. The summed E-state index contributed by atoms with van der Waals surface area (Å²) in [6.07, 6.45) is 0. The lowest BCUT2D eigenvalue weighted by molar-refractivity contribution is -0.134. The van der Waals surface area contributed by atoms with Crippen LogP contribution in [0.2, 0.25) is 0 Å². The Kier molecular flexibility index (Phi) is 8.63. The van der Waals surface area contributed by atoms with Gasteiger partial charge < -0.3 is 19.1 Å². The molecule has 1 fully saturated rings. The summed E-state index contributed by atoms with van der Waals surface area (Å²) >= 11 is 1.50. The molecule has 0 spiro atoms. The first kappa shape index (κ1) is 29.8. The summed E-state index contributed by atoms with van der Waals surface area (Å²) in [6.45, 7) is 5.98. The van der Waals surface area contributed by atoms with E-state index in [0.717, 1.165) is 39.2 Å². The maximum absolute atomic E-state index is 14.1. The molecule has 9 nitrogen and oxygen atoms in total. The van der Waals surface area contributed by atoms with E-state index in [1.54, 1.807) is 24.0 Å². The molecule has 228 valence electrons. The number of morpholine rings is 1. The Morgan fingerprint density at radius 3 is 2.50 bits per heavy atom. The lowest BCUT2D eigenvalue weighted by Crippen LogP contribution is -2.48. The Bertz CT molecular complexity index is 1680. The molecule has 1 aromatic heterocycles. The topological polar surface area (TPSA) is 86.1 Å². The van der Waals surface area contributed by atoms with Crippen LogP contribution < -0.4 is 14.4 Å². The molecule has 1 saturated heterocycles. The number of hydrogen-bond acceptors (Lipinski definition) is 7. The van der Waals surface area contributed by atoms with Crippen LogP contribution in [-0.2, 0) is 14.3 Å². The Hall–Kier alpha value is -4.28. The lowest BCUT2D eigenvalue weighted by atomic mass is 9.98. The van der Waals surface area contributed by atoms with Crippen molar-refractivity contribution in [2.75, 3.05) is 57.7 Å². The minimum absolute atomic E-state index is 0.0981. The number of fused-ring (bicyclic) bond motifs is 1. The van der Waals surface area contributed by atoms with Gasteiger partial charge in [-0.25, -0.2) is 4.68 Å². The summed E-state index contributed by atoms with van der Waals surface area (Å²) in [6, 6.07) is 21.8. The molecule has 6 rings (SSSR count). The highest BCUT2D eigenvalue weighted by Gasteiger charge is 2.39. The van der Waals surface area contributed by atoms with Crippen LogP contribution >= 0.6 is 11.8 Å². The van der Waals surface area contributed by atoms with Crippen LogP contribution in [0.3, 0.4) is 0 Å². The number of benzene rings is 3. The lowest BCUT2D eigenvalue weighted by Gasteiger charge is -2.30. The number of thioether (sulfide) groups is 1. The van der Waals surface area contributed by atoms with Gasteiger partial charge in [0.15, 0.2) is 0 Å². The fraction of sp³-hybridized carbons (Fsp3) is 0.324. The third-order valence-corrected chi connectivity index (χ3v) is 9.55. The predicted molar refractivity (Wildman–Crippen MR) is 172 cm³/mol. The van der Waals surface area contributed by atoms with Gasteiger partial charge in [-0.05, 0) is 49.2 Å². The van der Waals surface area contributed by atoms with E-state index in [1.807, 2.05) is 65.3 Å². The molecular formula is C34H36N4O5S. The first-order valence-corrected chi connectivity index (χ1v) is 15.7. The summed E-state index contributed by atoms with van der Waals surface area (Å²) in [5, 5.41) is 4.90. The molecule has 1 unspecified atom stereocenters. The molecule has 3 aromatic carbocycles. The fourth-order valence-corrected chi connectivity index (χ4v) is 7.01. The molecule has 2 amide bonds. The van der Waals surface area contributed by atoms with Gasteiger partial charge in [0.2, 0.25) is 11.8 Å². The van der Waals surface area contributed by atoms with E-state index in [2.05, 4.69) is 19.9 Å². The molecule has 2 aliphatic heterocycles. The number of methoxy groups -OCH3 is 2. The fourth-order valence-electron chi connectivity index (χ4n) is 5.80.